The highest BCUT2D eigenvalue weighted by atomic mass is 16.5. The third-order valence-electron chi connectivity index (χ3n) is 6.86. The minimum absolute atomic E-state index is 0.0204. The molecule has 0 amide bonds. The first-order valence-corrected chi connectivity index (χ1v) is 12.2. The highest BCUT2D eigenvalue weighted by Crippen LogP contribution is 2.36. The summed E-state index contributed by atoms with van der Waals surface area (Å²) in [7, 11) is 3.23. The van der Waals surface area contributed by atoms with E-state index in [0.717, 1.165) is 42.7 Å². The SMILES string of the molecule is COCCOCc1cc2c3nc(c(OC)nc3c1)-c1cccc3c(=O)n([nH]c13)CCN1CC[C@@H](C1)O2. The minimum atomic E-state index is -0.0414. The van der Waals surface area contributed by atoms with Crippen molar-refractivity contribution < 1.29 is 18.9 Å². The number of hydrogen-bond donors (Lipinski definition) is 1. The van der Waals surface area contributed by atoms with Crippen LogP contribution >= 0.6 is 0 Å². The van der Waals surface area contributed by atoms with Gasteiger partial charge in [-0.05, 0) is 30.2 Å². The van der Waals surface area contributed by atoms with Crippen LogP contribution in [0, 0.1) is 0 Å². The Morgan fingerprint density at radius 1 is 1.14 bits per heavy atom. The lowest BCUT2D eigenvalue weighted by Crippen LogP contribution is -2.30. The lowest BCUT2D eigenvalue weighted by molar-refractivity contribution is 0.0615. The van der Waals surface area contributed by atoms with Gasteiger partial charge in [-0.15, -0.1) is 0 Å². The first kappa shape index (κ1) is 23.0. The summed E-state index contributed by atoms with van der Waals surface area (Å²) in [5, 5.41) is 3.94. The van der Waals surface area contributed by atoms with Crippen LogP contribution in [0.2, 0.25) is 0 Å². The number of hydrogen-bond acceptors (Lipinski definition) is 8. The molecule has 10 nitrogen and oxygen atoms in total. The number of benzene rings is 2. The number of aromatic nitrogens is 4. The van der Waals surface area contributed by atoms with Gasteiger partial charge < -0.3 is 18.9 Å². The summed E-state index contributed by atoms with van der Waals surface area (Å²) in [6, 6.07) is 9.58. The third kappa shape index (κ3) is 4.11. The summed E-state index contributed by atoms with van der Waals surface area (Å²) in [5.41, 5.74) is 4.25. The van der Waals surface area contributed by atoms with Crippen molar-refractivity contribution in [1.82, 2.24) is 24.6 Å². The van der Waals surface area contributed by atoms with E-state index in [1.807, 2.05) is 30.3 Å². The second-order valence-corrected chi connectivity index (χ2v) is 9.21. The Morgan fingerprint density at radius 3 is 2.92 bits per heavy atom. The van der Waals surface area contributed by atoms with Gasteiger partial charge in [0, 0.05) is 32.3 Å². The fourth-order valence-corrected chi connectivity index (χ4v) is 5.05. The molecule has 4 aromatic rings. The maximum Gasteiger partial charge on any atom is 0.274 e. The molecule has 10 heteroatoms. The Labute approximate surface area is 207 Å². The molecule has 6 rings (SSSR count). The molecule has 2 atom stereocenters. The second kappa shape index (κ2) is 9.53. The molecule has 1 unspecified atom stereocenters. The van der Waals surface area contributed by atoms with Crippen molar-refractivity contribution in [1.29, 1.82) is 0 Å². The Morgan fingerprint density at radius 2 is 2.06 bits per heavy atom. The summed E-state index contributed by atoms with van der Waals surface area (Å²) in [5.74, 6) is 1.06. The molecule has 2 aromatic heterocycles. The van der Waals surface area contributed by atoms with Gasteiger partial charge in [0.2, 0.25) is 5.88 Å². The molecule has 0 radical (unpaired) electrons. The fraction of sp³-hybridized carbons (Fsp3) is 0.423. The number of H-pyrrole nitrogens is 1. The third-order valence-corrected chi connectivity index (χ3v) is 6.86. The number of methoxy groups -OCH3 is 2. The van der Waals surface area contributed by atoms with Gasteiger partial charge in [0.05, 0.1) is 49.9 Å². The smallest absolute Gasteiger partial charge is 0.274 e. The maximum atomic E-state index is 13.1. The normalized spacial score (nSPS) is 19.2. The molecule has 1 N–H and O–H groups in total. The molecule has 0 spiro atoms. The largest absolute Gasteiger partial charge is 0.487 e. The standard InChI is InChI=1S/C26H29N5O5/c1-33-10-11-35-15-16-12-20-24-21(13-16)36-17-6-7-30(14-17)8-9-31-26(32)19-5-3-4-18(22(19)29-31)23(28-24)25(27-20)34-2/h3-5,12-13,17,29H,6-11,14-15H2,1-2H3/t17-/m0/s1. The molecular formula is C26H29N5O5. The van der Waals surface area contributed by atoms with E-state index in [2.05, 4.69) is 10.00 Å². The topological polar surface area (TPSA) is 104 Å². The molecule has 2 aliphatic heterocycles. The van der Waals surface area contributed by atoms with Crippen LogP contribution in [0.25, 0.3) is 33.2 Å². The molecule has 1 fully saturated rings. The lowest BCUT2D eigenvalue weighted by atomic mass is 10.1. The highest BCUT2D eigenvalue weighted by molar-refractivity contribution is 5.95. The molecule has 0 aliphatic carbocycles. The summed E-state index contributed by atoms with van der Waals surface area (Å²) < 4.78 is 24.8. The second-order valence-electron chi connectivity index (χ2n) is 9.21. The zero-order valence-corrected chi connectivity index (χ0v) is 20.5. The predicted molar refractivity (Wildman–Crippen MR) is 135 cm³/mol. The zero-order valence-electron chi connectivity index (χ0n) is 20.5. The Hall–Kier alpha value is -3.47. The van der Waals surface area contributed by atoms with Crippen LogP contribution in [0.15, 0.2) is 35.1 Å². The van der Waals surface area contributed by atoms with Crippen molar-refractivity contribution in [2.45, 2.75) is 25.7 Å². The van der Waals surface area contributed by atoms with E-state index in [9.17, 15) is 4.79 Å². The summed E-state index contributed by atoms with van der Waals surface area (Å²) in [6.45, 7) is 4.46. The van der Waals surface area contributed by atoms with Crippen molar-refractivity contribution in [3.05, 3.63) is 46.2 Å². The number of para-hydroxylation sites is 1. The number of fused-ring (bicyclic) bond motifs is 5. The number of ether oxygens (including phenoxy) is 4. The average Bonchev–Trinajstić information content (AvgIpc) is 3.47. The van der Waals surface area contributed by atoms with Crippen molar-refractivity contribution in [3.8, 4) is 22.9 Å². The van der Waals surface area contributed by atoms with Crippen molar-refractivity contribution in [2.75, 3.05) is 47.1 Å². The van der Waals surface area contributed by atoms with E-state index in [4.69, 9.17) is 28.9 Å². The van der Waals surface area contributed by atoms with Crippen LogP contribution < -0.4 is 15.0 Å². The van der Waals surface area contributed by atoms with Crippen LogP contribution in [-0.4, -0.2) is 77.8 Å². The van der Waals surface area contributed by atoms with Crippen LogP contribution in [0.5, 0.6) is 11.6 Å². The van der Waals surface area contributed by atoms with Crippen LogP contribution in [0.3, 0.4) is 0 Å². The minimum Gasteiger partial charge on any atom is -0.487 e. The molecule has 2 aromatic carbocycles. The molecular weight excluding hydrogens is 462 g/mol. The van der Waals surface area contributed by atoms with Crippen LogP contribution in [0.4, 0.5) is 0 Å². The number of nitrogens with zero attached hydrogens (tertiary/aromatic N) is 4. The Balaban J connectivity index is 1.55. The number of rotatable bonds is 6. The monoisotopic (exact) mass is 491 g/mol. The highest BCUT2D eigenvalue weighted by Gasteiger charge is 2.27. The van der Waals surface area contributed by atoms with E-state index in [-0.39, 0.29) is 11.7 Å². The lowest BCUT2D eigenvalue weighted by Gasteiger charge is -2.19. The summed E-state index contributed by atoms with van der Waals surface area (Å²) >= 11 is 0. The van der Waals surface area contributed by atoms with Gasteiger partial charge in [0.1, 0.15) is 23.1 Å². The van der Waals surface area contributed by atoms with E-state index in [1.165, 1.54) is 0 Å². The first-order valence-electron chi connectivity index (χ1n) is 12.2. The van der Waals surface area contributed by atoms with E-state index < -0.39 is 0 Å². The predicted octanol–water partition coefficient (Wildman–Crippen LogP) is 2.58. The van der Waals surface area contributed by atoms with Crippen LogP contribution in [0.1, 0.15) is 12.0 Å². The van der Waals surface area contributed by atoms with Crippen molar-refractivity contribution >= 4 is 21.9 Å². The van der Waals surface area contributed by atoms with Gasteiger partial charge in [-0.3, -0.25) is 19.5 Å². The molecule has 4 heterocycles. The van der Waals surface area contributed by atoms with Gasteiger partial charge in [-0.2, -0.15) is 0 Å². The fourth-order valence-electron chi connectivity index (χ4n) is 5.05. The molecule has 36 heavy (non-hydrogen) atoms. The van der Waals surface area contributed by atoms with Crippen molar-refractivity contribution in [3.63, 3.8) is 0 Å². The quantitative estimate of drug-likeness (QED) is 0.411. The van der Waals surface area contributed by atoms with Gasteiger partial charge in [0.15, 0.2) is 0 Å². The first-order chi connectivity index (χ1) is 17.6. The van der Waals surface area contributed by atoms with E-state index >= 15 is 0 Å². The van der Waals surface area contributed by atoms with Gasteiger partial charge >= 0.3 is 0 Å². The van der Waals surface area contributed by atoms with E-state index in [1.54, 1.807) is 18.9 Å². The summed E-state index contributed by atoms with van der Waals surface area (Å²) in [6.07, 6.45) is 0.920. The Kier molecular flexibility index (Phi) is 6.08. The van der Waals surface area contributed by atoms with Crippen LogP contribution in [-0.2, 0) is 22.6 Å². The van der Waals surface area contributed by atoms with Gasteiger partial charge in [-0.1, -0.05) is 12.1 Å². The number of nitrogens with one attached hydrogen (secondary N) is 1. The van der Waals surface area contributed by atoms with Crippen molar-refractivity contribution in [2.24, 2.45) is 0 Å². The summed E-state index contributed by atoms with van der Waals surface area (Å²) in [4.78, 5) is 25.3. The Bertz CT molecular complexity index is 1480. The maximum absolute atomic E-state index is 13.1. The molecule has 6 bridgehead atoms. The molecule has 1 saturated heterocycles. The molecule has 0 saturated carbocycles. The molecule has 188 valence electrons. The van der Waals surface area contributed by atoms with E-state index in [0.29, 0.717) is 60.1 Å². The average molecular weight is 492 g/mol. The van der Waals surface area contributed by atoms with Gasteiger partial charge in [0.25, 0.3) is 5.56 Å². The zero-order chi connectivity index (χ0) is 24.6. The number of aromatic amines is 1. The molecule has 2 aliphatic rings. The van der Waals surface area contributed by atoms with Gasteiger partial charge in [-0.25, -0.2) is 9.97 Å².